The van der Waals surface area contributed by atoms with Crippen LogP contribution in [0.2, 0.25) is 0 Å². The van der Waals surface area contributed by atoms with Gasteiger partial charge in [0.2, 0.25) is 23.5 Å². The summed E-state index contributed by atoms with van der Waals surface area (Å²) < 4.78 is 19.3. The normalized spacial score (nSPS) is 19.0. The summed E-state index contributed by atoms with van der Waals surface area (Å²) in [6, 6.07) is 3.13. The van der Waals surface area contributed by atoms with Gasteiger partial charge in [-0.1, -0.05) is 21.1 Å². The minimum Gasteiger partial charge on any atom is -0.361 e. The van der Waals surface area contributed by atoms with Crippen LogP contribution >= 0.6 is 15.9 Å². The van der Waals surface area contributed by atoms with Gasteiger partial charge in [0.05, 0.1) is 6.54 Å². The minimum absolute atomic E-state index is 0.00245. The number of amides is 4. The number of nitrogens with one attached hydrogen (secondary N) is 1. The van der Waals surface area contributed by atoms with E-state index in [1.165, 1.54) is 17.0 Å². The van der Waals surface area contributed by atoms with Crippen molar-refractivity contribution in [1.82, 2.24) is 25.3 Å². The first kappa shape index (κ1) is 20.8. The molecule has 12 heteroatoms. The van der Waals surface area contributed by atoms with Crippen molar-refractivity contribution >= 4 is 39.6 Å². The summed E-state index contributed by atoms with van der Waals surface area (Å²) in [6.07, 6.45) is 1.23. The standard InChI is InChI=1S/C19H15BrFN5O5/c1-25(8-15-23-17(24-31-15)9-4-10(20)6-11(21)5-9)13-7-16(28)26(19(13)30)12-2-3-14(27)22-18(12)29/h4-7,12H,2-3,8H2,1H3,(H,22,27,29). The van der Waals surface area contributed by atoms with E-state index in [-0.39, 0.29) is 36.8 Å². The quantitative estimate of drug-likeness (QED) is 0.616. The Morgan fingerprint density at radius 3 is 2.77 bits per heavy atom. The van der Waals surface area contributed by atoms with Gasteiger partial charge in [0.1, 0.15) is 17.6 Å². The Balaban J connectivity index is 1.47. The van der Waals surface area contributed by atoms with Crippen molar-refractivity contribution in [3.8, 4) is 11.4 Å². The average Bonchev–Trinajstić information content (AvgIpc) is 3.26. The zero-order valence-electron chi connectivity index (χ0n) is 16.1. The number of rotatable bonds is 5. The number of carbonyl (C=O) groups is 4. The second kappa shape index (κ2) is 8.02. The van der Waals surface area contributed by atoms with Crippen molar-refractivity contribution in [1.29, 1.82) is 0 Å². The highest BCUT2D eigenvalue weighted by molar-refractivity contribution is 9.10. The van der Waals surface area contributed by atoms with Gasteiger partial charge in [-0.3, -0.25) is 29.4 Å². The van der Waals surface area contributed by atoms with Crippen molar-refractivity contribution in [2.45, 2.75) is 25.4 Å². The van der Waals surface area contributed by atoms with Crippen molar-refractivity contribution < 1.29 is 28.1 Å². The summed E-state index contributed by atoms with van der Waals surface area (Å²) in [5.41, 5.74) is 0.447. The number of carbonyl (C=O) groups excluding carboxylic acids is 4. The Morgan fingerprint density at radius 2 is 2.06 bits per heavy atom. The number of aromatic nitrogens is 2. The maximum atomic E-state index is 13.6. The second-order valence-corrected chi connectivity index (χ2v) is 7.95. The molecule has 31 heavy (non-hydrogen) atoms. The molecule has 1 aromatic carbocycles. The van der Waals surface area contributed by atoms with Crippen LogP contribution in [0.15, 0.2) is 39.0 Å². The van der Waals surface area contributed by atoms with E-state index in [2.05, 4.69) is 31.4 Å². The third-order valence-electron chi connectivity index (χ3n) is 4.83. The molecule has 0 aliphatic carbocycles. The predicted molar refractivity (Wildman–Crippen MR) is 105 cm³/mol. The number of likely N-dealkylation sites (N-methyl/N-ethyl adjacent to an activating group) is 1. The molecule has 1 N–H and O–H groups in total. The first-order chi connectivity index (χ1) is 14.7. The third-order valence-corrected chi connectivity index (χ3v) is 5.29. The van der Waals surface area contributed by atoms with Gasteiger partial charge in [-0.05, 0) is 24.6 Å². The zero-order chi connectivity index (χ0) is 22.3. The predicted octanol–water partition coefficient (Wildman–Crippen LogP) is 1.13. The summed E-state index contributed by atoms with van der Waals surface area (Å²) in [6.45, 7) is -0.00245. The van der Waals surface area contributed by atoms with Gasteiger partial charge in [-0.15, -0.1) is 0 Å². The Kier molecular flexibility index (Phi) is 5.39. The highest BCUT2D eigenvalue weighted by Gasteiger charge is 2.43. The summed E-state index contributed by atoms with van der Waals surface area (Å²) in [5, 5.41) is 5.95. The van der Waals surface area contributed by atoms with Crippen LogP contribution in [-0.4, -0.2) is 56.7 Å². The van der Waals surface area contributed by atoms with Crippen molar-refractivity contribution in [3.05, 3.63) is 46.2 Å². The summed E-state index contributed by atoms with van der Waals surface area (Å²) in [4.78, 5) is 55.0. The van der Waals surface area contributed by atoms with Crippen LogP contribution in [-0.2, 0) is 25.7 Å². The SMILES string of the molecule is CN(Cc1nc(-c2cc(F)cc(Br)c2)no1)C1=CC(=O)N(C2CCC(=O)NC2=O)C1=O. The molecule has 2 aliphatic rings. The first-order valence-corrected chi connectivity index (χ1v) is 9.95. The smallest absolute Gasteiger partial charge is 0.277 e. The summed E-state index contributed by atoms with van der Waals surface area (Å²) in [5.74, 6) is -2.59. The van der Waals surface area contributed by atoms with Crippen molar-refractivity contribution in [3.63, 3.8) is 0 Å². The highest BCUT2D eigenvalue weighted by Crippen LogP contribution is 2.25. The van der Waals surface area contributed by atoms with E-state index in [1.54, 1.807) is 13.1 Å². The molecule has 0 radical (unpaired) electrons. The Morgan fingerprint density at radius 1 is 1.29 bits per heavy atom. The number of imide groups is 2. The molecule has 1 unspecified atom stereocenters. The average molecular weight is 492 g/mol. The maximum absolute atomic E-state index is 13.6. The molecule has 4 amide bonds. The molecule has 1 saturated heterocycles. The van der Waals surface area contributed by atoms with Crippen LogP contribution in [0.1, 0.15) is 18.7 Å². The third kappa shape index (κ3) is 4.10. The lowest BCUT2D eigenvalue weighted by Crippen LogP contribution is -2.54. The van der Waals surface area contributed by atoms with Crippen LogP contribution in [0.4, 0.5) is 4.39 Å². The van der Waals surface area contributed by atoms with Gasteiger partial charge in [0.25, 0.3) is 11.8 Å². The lowest BCUT2D eigenvalue weighted by Gasteiger charge is -2.29. The van der Waals surface area contributed by atoms with Crippen molar-refractivity contribution in [2.24, 2.45) is 0 Å². The van der Waals surface area contributed by atoms with E-state index in [4.69, 9.17) is 4.52 Å². The molecular formula is C19H15BrFN5O5. The molecule has 3 heterocycles. The van der Waals surface area contributed by atoms with Crippen LogP contribution in [0.5, 0.6) is 0 Å². The van der Waals surface area contributed by atoms with Gasteiger partial charge in [0.15, 0.2) is 0 Å². The molecule has 160 valence electrons. The molecule has 10 nitrogen and oxygen atoms in total. The number of hydrogen-bond donors (Lipinski definition) is 1. The fourth-order valence-electron chi connectivity index (χ4n) is 3.38. The molecule has 0 bridgehead atoms. The maximum Gasteiger partial charge on any atom is 0.277 e. The van der Waals surface area contributed by atoms with Crippen LogP contribution in [0, 0.1) is 5.82 Å². The van der Waals surface area contributed by atoms with E-state index < -0.39 is 35.5 Å². The van der Waals surface area contributed by atoms with Gasteiger partial charge in [0, 0.05) is 29.6 Å². The van der Waals surface area contributed by atoms with Crippen LogP contribution in [0.25, 0.3) is 11.4 Å². The second-order valence-electron chi connectivity index (χ2n) is 7.04. The molecule has 0 saturated carbocycles. The molecule has 0 spiro atoms. The van der Waals surface area contributed by atoms with E-state index in [0.29, 0.717) is 10.0 Å². The van der Waals surface area contributed by atoms with E-state index in [9.17, 15) is 23.6 Å². The van der Waals surface area contributed by atoms with Crippen LogP contribution in [0.3, 0.4) is 0 Å². The highest BCUT2D eigenvalue weighted by atomic mass is 79.9. The van der Waals surface area contributed by atoms with Gasteiger partial charge in [-0.25, -0.2) is 4.39 Å². The topological polar surface area (TPSA) is 126 Å². The summed E-state index contributed by atoms with van der Waals surface area (Å²) >= 11 is 3.20. The van der Waals surface area contributed by atoms with Crippen LogP contribution < -0.4 is 5.32 Å². The number of hydrogen-bond acceptors (Lipinski definition) is 8. The zero-order valence-corrected chi connectivity index (χ0v) is 17.7. The molecule has 4 rings (SSSR count). The molecule has 2 aromatic rings. The number of piperidine rings is 1. The Bertz CT molecular complexity index is 1130. The molecule has 1 atom stereocenters. The van der Waals surface area contributed by atoms with Gasteiger partial charge in [-0.2, -0.15) is 4.98 Å². The van der Waals surface area contributed by atoms with Crippen molar-refractivity contribution in [2.75, 3.05) is 7.05 Å². The van der Waals surface area contributed by atoms with E-state index in [0.717, 1.165) is 11.0 Å². The minimum atomic E-state index is -1.04. The fraction of sp³-hybridized carbons (Fsp3) is 0.263. The largest absolute Gasteiger partial charge is 0.361 e. The molecule has 1 fully saturated rings. The van der Waals surface area contributed by atoms with E-state index in [1.807, 2.05) is 0 Å². The monoisotopic (exact) mass is 491 g/mol. The number of nitrogens with zero attached hydrogens (tertiary/aromatic N) is 4. The molecular weight excluding hydrogens is 477 g/mol. The fourth-order valence-corrected chi connectivity index (χ4v) is 3.84. The van der Waals surface area contributed by atoms with E-state index >= 15 is 0 Å². The van der Waals surface area contributed by atoms with Gasteiger partial charge >= 0.3 is 0 Å². The molecule has 1 aromatic heterocycles. The number of halogens is 2. The number of benzene rings is 1. The first-order valence-electron chi connectivity index (χ1n) is 9.16. The van der Waals surface area contributed by atoms with Gasteiger partial charge < -0.3 is 9.42 Å². The molecule has 2 aliphatic heterocycles. The Labute approximate surface area is 183 Å². The summed E-state index contributed by atoms with van der Waals surface area (Å²) in [7, 11) is 1.55. The lowest BCUT2D eigenvalue weighted by atomic mass is 10.0. The lowest BCUT2D eigenvalue weighted by molar-refractivity contribution is -0.150. The Hall–Kier alpha value is -3.41.